The van der Waals surface area contributed by atoms with Gasteiger partial charge in [-0.25, -0.2) is 0 Å². The third-order valence-electron chi connectivity index (χ3n) is 1.68. The Labute approximate surface area is 77.1 Å². The highest BCUT2D eigenvalue weighted by atomic mass is 32.2. The lowest BCUT2D eigenvalue weighted by molar-refractivity contribution is 2.15. The van der Waals surface area contributed by atoms with E-state index >= 15 is 0 Å². The van der Waals surface area contributed by atoms with Gasteiger partial charge in [0, 0.05) is 10.8 Å². The molecule has 0 unspecified atom stereocenters. The molecule has 0 saturated heterocycles. The molecule has 3 rings (SSSR count). The monoisotopic (exact) mass is 198 g/mol. The molecule has 3 aromatic heterocycles. The quantitative estimate of drug-likeness (QED) is 0.508. The lowest BCUT2D eigenvalue weighted by Crippen LogP contribution is -1.46. The molecular weight excluding hydrogens is 192 g/mol. The fourth-order valence-electron chi connectivity index (χ4n) is 1.18. The predicted molar refractivity (Wildman–Crippen MR) is 55.1 cm³/mol. The zero-order valence-corrected chi connectivity index (χ0v) is 7.91. The molecule has 0 amide bonds. The van der Waals surface area contributed by atoms with Crippen molar-refractivity contribution in [3.63, 3.8) is 0 Å². The van der Waals surface area contributed by atoms with E-state index in [1.807, 2.05) is 6.07 Å². The minimum Gasteiger partial charge on any atom is -0.133 e. The normalized spacial score (nSPS) is 12.9. The summed E-state index contributed by atoms with van der Waals surface area (Å²) in [5.74, 6) is 0. The van der Waals surface area contributed by atoms with Gasteiger partial charge in [0.25, 0.3) is 0 Å². The van der Waals surface area contributed by atoms with Crippen molar-refractivity contribution in [1.29, 1.82) is 0 Å². The second-order valence-electron chi connectivity index (χ2n) is 2.29. The maximum atomic E-state index is 7.50. The van der Waals surface area contributed by atoms with Crippen LogP contribution in [-0.4, -0.2) is 0 Å². The van der Waals surface area contributed by atoms with Crippen molar-refractivity contribution in [1.82, 2.24) is 0 Å². The number of thiophene rings is 3. The second-order valence-corrected chi connectivity index (χ2v) is 5.59. The molecule has 3 heterocycles. The molecule has 0 atom stereocenters. The number of hydrogen-bond donors (Lipinski definition) is 0. The van der Waals surface area contributed by atoms with Gasteiger partial charge in [0.15, 0.2) is 0 Å². The molecule has 0 spiro atoms. The van der Waals surface area contributed by atoms with Crippen LogP contribution < -0.4 is 0 Å². The minimum atomic E-state index is 0.671. The van der Waals surface area contributed by atoms with Crippen LogP contribution in [0.2, 0.25) is 0 Å². The van der Waals surface area contributed by atoms with Crippen LogP contribution in [0.25, 0.3) is 18.8 Å². The van der Waals surface area contributed by atoms with Crippen molar-refractivity contribution in [2.24, 2.45) is 0 Å². The molecule has 0 aliphatic heterocycles. The van der Waals surface area contributed by atoms with E-state index in [1.54, 1.807) is 34.0 Å². The van der Waals surface area contributed by atoms with Crippen LogP contribution in [-0.2, 0) is 0 Å². The summed E-state index contributed by atoms with van der Waals surface area (Å²) in [6.45, 7) is 0. The maximum Gasteiger partial charge on any atom is 0.0886 e. The van der Waals surface area contributed by atoms with Gasteiger partial charge in [-0.1, -0.05) is 0 Å². The minimum absolute atomic E-state index is 0.671. The first kappa shape index (κ1) is 5.30. The summed E-state index contributed by atoms with van der Waals surface area (Å²) >= 11 is 5.17. The average Bonchev–Trinajstić information content (AvgIpc) is 2.59. The Kier molecular flexibility index (Phi) is 0.993. The largest absolute Gasteiger partial charge is 0.133 e. The van der Waals surface area contributed by atoms with E-state index < -0.39 is 0 Å². The maximum absolute atomic E-state index is 7.50. The van der Waals surface area contributed by atoms with Crippen molar-refractivity contribution in [3.8, 4) is 0 Å². The molecule has 0 fully saturated rings. The predicted octanol–water partition coefficient (Wildman–Crippen LogP) is 4.18. The van der Waals surface area contributed by atoms with Crippen LogP contribution in [0.5, 0.6) is 0 Å². The van der Waals surface area contributed by atoms with Gasteiger partial charge in [-0.05, 0) is 22.9 Å². The van der Waals surface area contributed by atoms with E-state index in [9.17, 15) is 0 Å². The third-order valence-corrected chi connectivity index (χ3v) is 4.88. The Morgan fingerprint density at radius 3 is 2.91 bits per heavy atom. The molecule has 3 aromatic rings. The second kappa shape index (κ2) is 2.06. The fourth-order valence-corrected chi connectivity index (χ4v) is 4.44. The van der Waals surface area contributed by atoms with Gasteiger partial charge >= 0.3 is 0 Å². The molecule has 3 heteroatoms. The van der Waals surface area contributed by atoms with Crippen LogP contribution in [0.3, 0.4) is 0 Å². The summed E-state index contributed by atoms with van der Waals surface area (Å²) in [7, 11) is 0. The molecule has 0 radical (unpaired) electrons. The molecule has 0 bridgehead atoms. The molecular formula is C8H4S3. The zero-order chi connectivity index (χ0) is 8.13. The van der Waals surface area contributed by atoms with E-state index in [0.29, 0.717) is 5.36 Å². The van der Waals surface area contributed by atoms with Crippen LogP contribution in [0.4, 0.5) is 0 Å². The van der Waals surface area contributed by atoms with Gasteiger partial charge in [-0.15, -0.1) is 34.0 Å². The summed E-state index contributed by atoms with van der Waals surface area (Å²) in [4.78, 5) is 0. The van der Waals surface area contributed by atoms with Crippen molar-refractivity contribution < 1.29 is 1.37 Å². The molecule has 54 valence electrons. The van der Waals surface area contributed by atoms with Gasteiger partial charge in [0.1, 0.15) is 0 Å². The van der Waals surface area contributed by atoms with Crippen molar-refractivity contribution in [3.05, 3.63) is 22.9 Å². The first-order valence-electron chi connectivity index (χ1n) is 3.71. The molecule has 0 aliphatic carbocycles. The van der Waals surface area contributed by atoms with Crippen molar-refractivity contribution >= 4 is 52.8 Å². The first-order valence-corrected chi connectivity index (χ1v) is 5.72. The smallest absolute Gasteiger partial charge is 0.0886 e. The number of hydrogen-bond acceptors (Lipinski definition) is 3. The Morgan fingerprint density at radius 1 is 1.09 bits per heavy atom. The molecule has 0 nitrogen and oxygen atoms in total. The highest BCUT2D eigenvalue weighted by Gasteiger charge is 2.05. The lowest BCUT2D eigenvalue weighted by atomic mass is 10.3. The SMILES string of the molecule is [3H]c1cc2c(s1)sc1sccc12. The summed E-state index contributed by atoms with van der Waals surface area (Å²) in [5, 5.41) is 5.38. The molecule has 11 heavy (non-hydrogen) atoms. The van der Waals surface area contributed by atoms with Gasteiger partial charge in [-0.3, -0.25) is 0 Å². The van der Waals surface area contributed by atoms with Crippen LogP contribution in [0.1, 0.15) is 1.37 Å². The van der Waals surface area contributed by atoms with E-state index in [1.165, 1.54) is 18.8 Å². The summed E-state index contributed by atoms with van der Waals surface area (Å²) in [5.41, 5.74) is 0. The molecule has 0 aliphatic rings. The summed E-state index contributed by atoms with van der Waals surface area (Å²) < 4.78 is 10.2. The van der Waals surface area contributed by atoms with Crippen LogP contribution >= 0.6 is 34.0 Å². The Bertz CT molecular complexity index is 543. The van der Waals surface area contributed by atoms with Gasteiger partial charge in [-0.2, -0.15) is 0 Å². The van der Waals surface area contributed by atoms with Crippen molar-refractivity contribution in [2.45, 2.75) is 0 Å². The Balaban J connectivity index is 2.64. The lowest BCUT2D eigenvalue weighted by Gasteiger charge is -1.71. The first-order chi connectivity index (χ1) is 5.84. The van der Waals surface area contributed by atoms with Gasteiger partial charge < -0.3 is 0 Å². The van der Waals surface area contributed by atoms with E-state index in [2.05, 4.69) is 11.4 Å². The molecule has 0 saturated carbocycles. The third kappa shape index (κ3) is 0.732. The highest BCUT2D eigenvalue weighted by Crippen LogP contribution is 2.39. The molecule has 0 aromatic carbocycles. The van der Waals surface area contributed by atoms with E-state index in [-0.39, 0.29) is 0 Å². The standard InChI is InChI=1S/C8H4S3/c1-3-9-7-5(1)6-2-4-10-8(6)11-7/h1-4H/i3T. The topological polar surface area (TPSA) is 0 Å². The van der Waals surface area contributed by atoms with Crippen LogP contribution in [0.15, 0.2) is 22.9 Å². The summed E-state index contributed by atoms with van der Waals surface area (Å²) in [6, 6.07) is 4.11. The molecule has 0 N–H and O–H groups in total. The Morgan fingerprint density at radius 2 is 1.91 bits per heavy atom. The zero-order valence-electron chi connectivity index (χ0n) is 6.46. The highest BCUT2D eigenvalue weighted by molar-refractivity contribution is 7.48. The average molecular weight is 198 g/mol. The number of rotatable bonds is 0. The number of fused-ring (bicyclic) bond motifs is 3. The van der Waals surface area contributed by atoms with E-state index in [0.717, 1.165) is 0 Å². The Hall–Kier alpha value is -0.380. The van der Waals surface area contributed by atoms with Gasteiger partial charge in [0.05, 0.1) is 9.40 Å². The van der Waals surface area contributed by atoms with Crippen LogP contribution in [0, 0.1) is 0 Å². The fraction of sp³-hybridized carbons (Fsp3) is 0. The van der Waals surface area contributed by atoms with Gasteiger partial charge in [0.2, 0.25) is 0 Å². The summed E-state index contributed by atoms with van der Waals surface area (Å²) in [6.07, 6.45) is 0. The van der Waals surface area contributed by atoms with Crippen molar-refractivity contribution in [2.75, 3.05) is 0 Å². The van der Waals surface area contributed by atoms with E-state index in [4.69, 9.17) is 1.37 Å².